The number of nitrogens with zero attached hydrogens (tertiary/aromatic N) is 3. The maximum absolute atomic E-state index is 11.7. The van der Waals surface area contributed by atoms with E-state index in [1.54, 1.807) is 0 Å². The zero-order chi connectivity index (χ0) is 13.5. The van der Waals surface area contributed by atoms with Crippen molar-refractivity contribution >= 4 is 37.2 Å². The summed E-state index contributed by atoms with van der Waals surface area (Å²) in [7, 11) is -3.41. The molecule has 2 aromatic rings. The number of ether oxygens (including phenoxy) is 1. The molecule has 3 heterocycles. The lowest BCUT2D eigenvalue weighted by Crippen LogP contribution is -2.37. The topological polar surface area (TPSA) is 72.4 Å². The highest BCUT2D eigenvalue weighted by atomic mass is 32.2. The monoisotopic (exact) mass is 299 g/mol. The fourth-order valence-corrected chi connectivity index (χ4v) is 3.35. The number of hydrogen-bond acceptors (Lipinski definition) is 7. The molecule has 1 saturated heterocycles. The lowest BCUT2D eigenvalue weighted by molar-refractivity contribution is 0.122. The summed E-state index contributed by atoms with van der Waals surface area (Å²) < 4.78 is 29.6. The third kappa shape index (κ3) is 2.43. The maximum Gasteiger partial charge on any atom is 0.249 e. The van der Waals surface area contributed by atoms with E-state index in [9.17, 15) is 8.42 Å². The van der Waals surface area contributed by atoms with Gasteiger partial charge in [0.25, 0.3) is 0 Å². The number of rotatable bonds is 2. The van der Waals surface area contributed by atoms with Gasteiger partial charge >= 0.3 is 0 Å². The van der Waals surface area contributed by atoms with Crippen LogP contribution in [-0.4, -0.2) is 50.9 Å². The maximum atomic E-state index is 11.7. The van der Waals surface area contributed by atoms with E-state index in [2.05, 4.69) is 14.9 Å². The number of hydrogen-bond donors (Lipinski definition) is 0. The third-order valence-corrected chi connectivity index (χ3v) is 4.65. The molecule has 102 valence electrons. The van der Waals surface area contributed by atoms with Gasteiger partial charge in [-0.25, -0.2) is 13.4 Å². The molecule has 0 N–H and O–H groups in total. The molecular weight excluding hydrogens is 286 g/mol. The van der Waals surface area contributed by atoms with Crippen molar-refractivity contribution < 1.29 is 13.2 Å². The Hall–Kier alpha value is -1.25. The first-order chi connectivity index (χ1) is 9.05. The summed E-state index contributed by atoms with van der Waals surface area (Å²) in [5.74, 6) is 0.698. The Morgan fingerprint density at radius 3 is 2.74 bits per heavy atom. The Morgan fingerprint density at radius 2 is 2.05 bits per heavy atom. The summed E-state index contributed by atoms with van der Waals surface area (Å²) in [5, 5.41) is 1.79. The molecule has 0 aromatic carbocycles. The smallest absolute Gasteiger partial charge is 0.249 e. The highest BCUT2D eigenvalue weighted by molar-refractivity contribution is 7.90. The van der Waals surface area contributed by atoms with Gasteiger partial charge in [0.2, 0.25) is 15.0 Å². The third-order valence-electron chi connectivity index (χ3n) is 2.91. The number of anilines is 1. The van der Waals surface area contributed by atoms with E-state index < -0.39 is 9.84 Å². The molecule has 3 rings (SSSR count). The van der Waals surface area contributed by atoms with Crippen LogP contribution in [-0.2, 0) is 14.6 Å². The van der Waals surface area contributed by atoms with Gasteiger partial charge in [-0.3, -0.25) is 0 Å². The van der Waals surface area contributed by atoms with Crippen molar-refractivity contribution in [1.82, 2.24) is 9.97 Å². The predicted octanol–water partition coefficient (Wildman–Crippen LogP) is 0.931. The van der Waals surface area contributed by atoms with Crippen molar-refractivity contribution in [1.29, 1.82) is 0 Å². The molecule has 0 aliphatic carbocycles. The standard InChI is InChI=1S/C11H13N3O3S2/c1-19(15,16)11-12-8-2-7-18-9(8)10(13-11)14-3-5-17-6-4-14/h2,7H,3-6H2,1H3. The van der Waals surface area contributed by atoms with Crippen molar-refractivity contribution in [2.45, 2.75) is 5.16 Å². The SMILES string of the molecule is CS(=O)(=O)c1nc(N2CCOCC2)c2sccc2n1. The van der Waals surface area contributed by atoms with Gasteiger partial charge in [-0.2, -0.15) is 4.98 Å². The Morgan fingerprint density at radius 1 is 1.32 bits per heavy atom. The molecule has 0 unspecified atom stereocenters. The van der Waals surface area contributed by atoms with Crippen molar-refractivity contribution in [3.05, 3.63) is 11.4 Å². The van der Waals surface area contributed by atoms with Crippen LogP contribution in [0.15, 0.2) is 16.6 Å². The van der Waals surface area contributed by atoms with Crippen LogP contribution in [0.2, 0.25) is 0 Å². The van der Waals surface area contributed by atoms with E-state index >= 15 is 0 Å². The van der Waals surface area contributed by atoms with Gasteiger partial charge in [-0.05, 0) is 11.4 Å². The molecule has 0 spiro atoms. The zero-order valence-corrected chi connectivity index (χ0v) is 12.0. The zero-order valence-electron chi connectivity index (χ0n) is 10.4. The van der Waals surface area contributed by atoms with Gasteiger partial charge in [-0.1, -0.05) is 0 Å². The van der Waals surface area contributed by atoms with Crippen molar-refractivity contribution in [3.8, 4) is 0 Å². The minimum atomic E-state index is -3.41. The van der Waals surface area contributed by atoms with E-state index in [4.69, 9.17) is 4.74 Å². The van der Waals surface area contributed by atoms with Crippen LogP contribution in [0.4, 0.5) is 5.82 Å². The van der Waals surface area contributed by atoms with Gasteiger partial charge in [0, 0.05) is 19.3 Å². The predicted molar refractivity (Wildman–Crippen MR) is 73.6 cm³/mol. The number of sulfone groups is 1. The Kier molecular flexibility index (Phi) is 3.15. The lowest BCUT2D eigenvalue weighted by atomic mass is 10.3. The molecule has 0 atom stereocenters. The Labute approximate surface area is 115 Å². The second-order valence-electron chi connectivity index (χ2n) is 4.34. The van der Waals surface area contributed by atoms with Crippen LogP contribution in [0.5, 0.6) is 0 Å². The molecule has 1 fully saturated rings. The van der Waals surface area contributed by atoms with E-state index in [1.165, 1.54) is 11.3 Å². The average molecular weight is 299 g/mol. The quantitative estimate of drug-likeness (QED) is 0.768. The number of thiophene rings is 1. The molecule has 0 bridgehead atoms. The minimum absolute atomic E-state index is 0.111. The van der Waals surface area contributed by atoms with Gasteiger partial charge in [-0.15, -0.1) is 11.3 Å². The first-order valence-electron chi connectivity index (χ1n) is 5.84. The second kappa shape index (κ2) is 4.69. The molecule has 8 heteroatoms. The molecule has 2 aromatic heterocycles. The Balaban J connectivity index is 2.18. The number of fused-ring (bicyclic) bond motifs is 1. The van der Waals surface area contributed by atoms with Crippen LogP contribution in [0.3, 0.4) is 0 Å². The van der Waals surface area contributed by atoms with Crippen LogP contribution >= 0.6 is 11.3 Å². The minimum Gasteiger partial charge on any atom is -0.378 e. The van der Waals surface area contributed by atoms with Gasteiger partial charge in [0.1, 0.15) is 0 Å². The summed E-state index contributed by atoms with van der Waals surface area (Å²) in [4.78, 5) is 10.4. The summed E-state index contributed by atoms with van der Waals surface area (Å²) >= 11 is 1.52. The van der Waals surface area contributed by atoms with Crippen molar-refractivity contribution in [2.24, 2.45) is 0 Å². The fraction of sp³-hybridized carbons (Fsp3) is 0.455. The molecule has 1 aliphatic rings. The number of aromatic nitrogens is 2. The van der Waals surface area contributed by atoms with Crippen LogP contribution in [0.1, 0.15) is 0 Å². The molecule has 19 heavy (non-hydrogen) atoms. The van der Waals surface area contributed by atoms with Crippen LogP contribution in [0, 0.1) is 0 Å². The highest BCUT2D eigenvalue weighted by Crippen LogP contribution is 2.30. The first-order valence-corrected chi connectivity index (χ1v) is 8.61. The first kappa shape index (κ1) is 12.8. The van der Waals surface area contributed by atoms with Gasteiger partial charge < -0.3 is 9.64 Å². The van der Waals surface area contributed by atoms with Crippen molar-refractivity contribution in [2.75, 3.05) is 37.5 Å². The van der Waals surface area contributed by atoms with E-state index in [0.29, 0.717) is 37.6 Å². The molecule has 0 amide bonds. The normalized spacial score (nSPS) is 17.0. The van der Waals surface area contributed by atoms with E-state index in [0.717, 1.165) is 11.0 Å². The van der Waals surface area contributed by atoms with Gasteiger partial charge in [0.15, 0.2) is 5.82 Å². The van der Waals surface area contributed by atoms with E-state index in [1.807, 2.05) is 11.4 Å². The summed E-state index contributed by atoms with van der Waals surface area (Å²) in [6.45, 7) is 2.69. The number of morpholine rings is 1. The molecule has 6 nitrogen and oxygen atoms in total. The fourth-order valence-electron chi connectivity index (χ4n) is 1.98. The average Bonchev–Trinajstić information content (AvgIpc) is 2.85. The summed E-state index contributed by atoms with van der Waals surface area (Å²) in [6.07, 6.45) is 1.13. The van der Waals surface area contributed by atoms with Crippen LogP contribution < -0.4 is 4.90 Å². The highest BCUT2D eigenvalue weighted by Gasteiger charge is 2.21. The second-order valence-corrected chi connectivity index (χ2v) is 7.16. The largest absolute Gasteiger partial charge is 0.378 e. The van der Waals surface area contributed by atoms with E-state index in [-0.39, 0.29) is 5.16 Å². The van der Waals surface area contributed by atoms with Crippen molar-refractivity contribution in [3.63, 3.8) is 0 Å². The van der Waals surface area contributed by atoms with Gasteiger partial charge in [0.05, 0.1) is 23.4 Å². The summed E-state index contributed by atoms with van der Waals surface area (Å²) in [5.41, 5.74) is 0.682. The van der Waals surface area contributed by atoms with Crippen LogP contribution in [0.25, 0.3) is 10.2 Å². The Bertz CT molecular complexity index is 705. The molecule has 0 saturated carbocycles. The lowest BCUT2D eigenvalue weighted by Gasteiger charge is -2.28. The molecular formula is C11H13N3O3S2. The molecule has 0 radical (unpaired) electrons. The summed E-state index contributed by atoms with van der Waals surface area (Å²) in [6, 6.07) is 1.82. The molecule has 1 aliphatic heterocycles.